The molecule has 11 heavy (non-hydrogen) atoms. The van der Waals surface area contributed by atoms with E-state index in [4.69, 9.17) is 5.11 Å². The number of hydrogen-bond donors (Lipinski definition) is 1. The molecule has 0 aliphatic heterocycles. The minimum absolute atomic E-state index is 0.252. The molecule has 60 valence electrons. The highest BCUT2D eigenvalue weighted by molar-refractivity contribution is 5.10. The van der Waals surface area contributed by atoms with Crippen LogP contribution in [0.3, 0.4) is 0 Å². The van der Waals surface area contributed by atoms with E-state index in [0.717, 1.165) is 6.42 Å². The van der Waals surface area contributed by atoms with E-state index in [1.165, 1.54) is 5.56 Å². The summed E-state index contributed by atoms with van der Waals surface area (Å²) in [5.74, 6) is 0.345. The summed E-state index contributed by atoms with van der Waals surface area (Å²) < 4.78 is 0. The quantitative estimate of drug-likeness (QED) is 0.705. The fraction of sp³-hybridized carbons (Fsp3) is 0.444. The monoisotopic (exact) mass is 151 g/mol. The summed E-state index contributed by atoms with van der Waals surface area (Å²) in [5, 5.41) is 8.78. The van der Waals surface area contributed by atoms with Gasteiger partial charge in [0.25, 0.3) is 0 Å². The van der Waals surface area contributed by atoms with Gasteiger partial charge in [-0.3, -0.25) is 4.98 Å². The Balaban J connectivity index is 2.51. The first-order valence-corrected chi connectivity index (χ1v) is 3.82. The Hall–Kier alpha value is -0.890. The lowest BCUT2D eigenvalue weighted by Gasteiger charge is -2.05. The SMILES string of the molecule is C[C@@H](CO)Cc1ccncc1. The number of pyridine rings is 1. The molecule has 2 heteroatoms. The molecule has 0 aliphatic carbocycles. The highest BCUT2D eigenvalue weighted by Crippen LogP contribution is 2.05. The van der Waals surface area contributed by atoms with Crippen LogP contribution >= 0.6 is 0 Å². The molecule has 1 aromatic rings. The van der Waals surface area contributed by atoms with Gasteiger partial charge < -0.3 is 5.11 Å². The zero-order valence-corrected chi connectivity index (χ0v) is 6.70. The second-order valence-electron chi connectivity index (χ2n) is 2.85. The van der Waals surface area contributed by atoms with Crippen molar-refractivity contribution in [3.05, 3.63) is 30.1 Å². The molecule has 0 aromatic carbocycles. The van der Waals surface area contributed by atoms with Crippen LogP contribution in [0.5, 0.6) is 0 Å². The van der Waals surface area contributed by atoms with Gasteiger partial charge in [0.1, 0.15) is 0 Å². The molecule has 0 fully saturated rings. The molecule has 1 heterocycles. The molecule has 1 rings (SSSR count). The lowest BCUT2D eigenvalue weighted by molar-refractivity contribution is 0.237. The second-order valence-corrected chi connectivity index (χ2v) is 2.85. The van der Waals surface area contributed by atoms with E-state index in [1.54, 1.807) is 12.4 Å². The van der Waals surface area contributed by atoms with Gasteiger partial charge in [-0.15, -0.1) is 0 Å². The van der Waals surface area contributed by atoms with E-state index in [9.17, 15) is 0 Å². The summed E-state index contributed by atoms with van der Waals surface area (Å²) in [5.41, 5.74) is 1.24. The van der Waals surface area contributed by atoms with E-state index < -0.39 is 0 Å². The molecule has 0 spiro atoms. The Morgan fingerprint density at radius 2 is 2.09 bits per heavy atom. The molecular weight excluding hydrogens is 138 g/mol. The van der Waals surface area contributed by atoms with Crippen molar-refractivity contribution >= 4 is 0 Å². The molecule has 0 amide bonds. The topological polar surface area (TPSA) is 33.1 Å². The molecular formula is C9H13NO. The van der Waals surface area contributed by atoms with Crippen molar-refractivity contribution in [3.8, 4) is 0 Å². The number of aliphatic hydroxyl groups excluding tert-OH is 1. The molecule has 2 nitrogen and oxygen atoms in total. The molecule has 0 radical (unpaired) electrons. The van der Waals surface area contributed by atoms with Crippen molar-refractivity contribution in [1.29, 1.82) is 0 Å². The number of aromatic nitrogens is 1. The van der Waals surface area contributed by atoms with Crippen LogP contribution in [0.2, 0.25) is 0 Å². The molecule has 0 unspecified atom stereocenters. The van der Waals surface area contributed by atoms with E-state index in [1.807, 2.05) is 19.1 Å². The third-order valence-electron chi connectivity index (χ3n) is 1.65. The number of rotatable bonds is 3. The zero-order chi connectivity index (χ0) is 8.10. The summed E-state index contributed by atoms with van der Waals surface area (Å²) >= 11 is 0. The van der Waals surface area contributed by atoms with Crippen molar-refractivity contribution in [1.82, 2.24) is 4.98 Å². The van der Waals surface area contributed by atoms with Crippen LogP contribution in [-0.4, -0.2) is 16.7 Å². The molecule has 0 saturated carbocycles. The van der Waals surface area contributed by atoms with Gasteiger partial charge in [-0.1, -0.05) is 6.92 Å². The first kappa shape index (κ1) is 8.21. The fourth-order valence-electron chi connectivity index (χ4n) is 0.986. The molecule has 0 bridgehead atoms. The number of hydrogen-bond acceptors (Lipinski definition) is 2. The molecule has 0 saturated heterocycles. The van der Waals surface area contributed by atoms with E-state index in [2.05, 4.69) is 4.98 Å². The van der Waals surface area contributed by atoms with Gasteiger partial charge in [0.15, 0.2) is 0 Å². The van der Waals surface area contributed by atoms with Crippen LogP contribution in [-0.2, 0) is 6.42 Å². The average molecular weight is 151 g/mol. The average Bonchev–Trinajstić information content (AvgIpc) is 2.06. The van der Waals surface area contributed by atoms with Gasteiger partial charge in [-0.2, -0.15) is 0 Å². The van der Waals surface area contributed by atoms with Crippen molar-refractivity contribution < 1.29 is 5.11 Å². The van der Waals surface area contributed by atoms with Gasteiger partial charge in [0, 0.05) is 19.0 Å². The lowest BCUT2D eigenvalue weighted by atomic mass is 10.0. The van der Waals surface area contributed by atoms with Gasteiger partial charge in [0.2, 0.25) is 0 Å². The number of nitrogens with zero attached hydrogens (tertiary/aromatic N) is 1. The van der Waals surface area contributed by atoms with Crippen molar-refractivity contribution in [2.24, 2.45) is 5.92 Å². The maximum atomic E-state index is 8.78. The van der Waals surface area contributed by atoms with E-state index in [-0.39, 0.29) is 6.61 Å². The summed E-state index contributed by atoms with van der Waals surface area (Å²) in [6.45, 7) is 2.28. The molecule has 1 aromatic heterocycles. The Bertz CT molecular complexity index is 198. The smallest absolute Gasteiger partial charge is 0.0459 e. The minimum atomic E-state index is 0.252. The highest BCUT2D eigenvalue weighted by Gasteiger charge is 2.00. The third-order valence-corrected chi connectivity index (χ3v) is 1.65. The van der Waals surface area contributed by atoms with Crippen LogP contribution < -0.4 is 0 Å². The normalized spacial score (nSPS) is 12.9. The van der Waals surface area contributed by atoms with Gasteiger partial charge in [-0.05, 0) is 30.0 Å². The summed E-state index contributed by atoms with van der Waals surface area (Å²) in [6.07, 6.45) is 4.48. The van der Waals surface area contributed by atoms with Crippen LogP contribution in [0.15, 0.2) is 24.5 Å². The largest absolute Gasteiger partial charge is 0.396 e. The van der Waals surface area contributed by atoms with Gasteiger partial charge in [0.05, 0.1) is 0 Å². The number of aliphatic hydroxyl groups is 1. The summed E-state index contributed by atoms with van der Waals surface area (Å²) in [6, 6.07) is 3.96. The van der Waals surface area contributed by atoms with Crippen LogP contribution in [0.25, 0.3) is 0 Å². The Morgan fingerprint density at radius 1 is 1.45 bits per heavy atom. The first-order chi connectivity index (χ1) is 5.33. The molecule has 0 aliphatic rings. The van der Waals surface area contributed by atoms with Crippen molar-refractivity contribution in [2.45, 2.75) is 13.3 Å². The lowest BCUT2D eigenvalue weighted by Crippen LogP contribution is -2.04. The molecule has 1 atom stereocenters. The molecule has 1 N–H and O–H groups in total. The van der Waals surface area contributed by atoms with Crippen LogP contribution in [0.4, 0.5) is 0 Å². The minimum Gasteiger partial charge on any atom is -0.396 e. The third kappa shape index (κ3) is 2.68. The van der Waals surface area contributed by atoms with Crippen LogP contribution in [0.1, 0.15) is 12.5 Å². The van der Waals surface area contributed by atoms with Gasteiger partial charge in [-0.25, -0.2) is 0 Å². The summed E-state index contributed by atoms with van der Waals surface area (Å²) in [4.78, 5) is 3.92. The highest BCUT2D eigenvalue weighted by atomic mass is 16.3. The fourth-order valence-corrected chi connectivity index (χ4v) is 0.986. The van der Waals surface area contributed by atoms with Crippen molar-refractivity contribution in [3.63, 3.8) is 0 Å². The first-order valence-electron chi connectivity index (χ1n) is 3.82. The summed E-state index contributed by atoms with van der Waals surface area (Å²) in [7, 11) is 0. The van der Waals surface area contributed by atoms with Crippen molar-refractivity contribution in [2.75, 3.05) is 6.61 Å². The van der Waals surface area contributed by atoms with Gasteiger partial charge >= 0.3 is 0 Å². The van der Waals surface area contributed by atoms with E-state index in [0.29, 0.717) is 5.92 Å². The second kappa shape index (κ2) is 4.09. The van der Waals surface area contributed by atoms with E-state index >= 15 is 0 Å². The Kier molecular flexibility index (Phi) is 3.05. The predicted octanol–water partition coefficient (Wildman–Crippen LogP) is 1.25. The zero-order valence-electron chi connectivity index (χ0n) is 6.70. The Labute approximate surface area is 66.9 Å². The standard InChI is InChI=1S/C9H13NO/c1-8(7-11)6-9-2-4-10-5-3-9/h2-5,8,11H,6-7H2,1H3/t8-/m1/s1. The predicted molar refractivity (Wildman–Crippen MR) is 44.2 cm³/mol. The maximum Gasteiger partial charge on any atom is 0.0459 e. The maximum absolute atomic E-state index is 8.78. The Morgan fingerprint density at radius 3 is 2.64 bits per heavy atom. The van der Waals surface area contributed by atoms with Crippen LogP contribution in [0, 0.1) is 5.92 Å².